The Labute approximate surface area is 253 Å². The minimum absolute atomic E-state index is 0.0105. The molecule has 0 aliphatic heterocycles. The molecule has 0 unspecified atom stereocenters. The highest BCUT2D eigenvalue weighted by molar-refractivity contribution is 9.10. The summed E-state index contributed by atoms with van der Waals surface area (Å²) in [5, 5.41) is 2.72. The van der Waals surface area contributed by atoms with Crippen molar-refractivity contribution in [3.05, 3.63) is 129 Å². The Morgan fingerprint density at radius 1 is 0.881 bits per heavy atom. The number of ether oxygens (including phenoxy) is 1. The standard InChI is InChI=1S/C32H30BrFN2O5S/c1-4-41-32(38)25-12-8-23(9-13-25)19-36(20-24-10-14-26(33)15-11-24)42(39,40)27-16-17-29(34)28(18-27)31(37)35-30-21(2)6-5-7-22(30)3/h5-18H,4,19-20H2,1-3H3,(H,35,37). The second-order valence-electron chi connectivity index (χ2n) is 9.68. The average Bonchev–Trinajstić information content (AvgIpc) is 2.96. The van der Waals surface area contributed by atoms with Crippen LogP contribution < -0.4 is 5.32 Å². The number of nitrogens with zero attached hydrogens (tertiary/aromatic N) is 1. The molecule has 0 aliphatic rings. The van der Waals surface area contributed by atoms with Gasteiger partial charge >= 0.3 is 5.97 Å². The number of para-hydroxylation sites is 1. The monoisotopic (exact) mass is 652 g/mol. The van der Waals surface area contributed by atoms with Gasteiger partial charge in [0.15, 0.2) is 0 Å². The first-order chi connectivity index (χ1) is 20.0. The predicted octanol–water partition coefficient (Wildman–Crippen LogP) is 7.03. The highest BCUT2D eigenvalue weighted by Crippen LogP contribution is 2.26. The van der Waals surface area contributed by atoms with Gasteiger partial charge in [-0.2, -0.15) is 4.31 Å². The van der Waals surface area contributed by atoms with E-state index in [4.69, 9.17) is 4.74 Å². The third kappa shape index (κ3) is 7.31. The van der Waals surface area contributed by atoms with Crippen LogP contribution in [-0.2, 0) is 27.8 Å². The molecule has 0 saturated heterocycles. The summed E-state index contributed by atoms with van der Waals surface area (Å²) >= 11 is 3.39. The van der Waals surface area contributed by atoms with Crippen LogP contribution in [0.5, 0.6) is 0 Å². The zero-order valence-corrected chi connectivity index (χ0v) is 25.8. The summed E-state index contributed by atoms with van der Waals surface area (Å²) in [6.07, 6.45) is 0. The fraction of sp³-hybridized carbons (Fsp3) is 0.188. The van der Waals surface area contributed by atoms with Crippen LogP contribution in [0.25, 0.3) is 0 Å². The Hall–Kier alpha value is -3.86. The number of sulfonamides is 1. The van der Waals surface area contributed by atoms with Crippen molar-refractivity contribution in [3.8, 4) is 0 Å². The number of rotatable bonds is 10. The lowest BCUT2D eigenvalue weighted by Gasteiger charge is -2.23. The van der Waals surface area contributed by atoms with E-state index in [1.54, 1.807) is 43.3 Å². The zero-order chi connectivity index (χ0) is 30.4. The van der Waals surface area contributed by atoms with Crippen molar-refractivity contribution >= 4 is 43.5 Å². The molecular formula is C32H30BrFN2O5S. The summed E-state index contributed by atoms with van der Waals surface area (Å²) in [5.41, 5.74) is 3.43. The van der Waals surface area contributed by atoms with Gasteiger partial charge in [-0.15, -0.1) is 0 Å². The minimum atomic E-state index is -4.22. The van der Waals surface area contributed by atoms with Crippen molar-refractivity contribution < 1.29 is 27.1 Å². The predicted molar refractivity (Wildman–Crippen MR) is 163 cm³/mol. The maximum atomic E-state index is 14.9. The molecule has 4 rings (SSSR count). The van der Waals surface area contributed by atoms with Crippen LogP contribution in [-0.4, -0.2) is 31.2 Å². The van der Waals surface area contributed by atoms with Crippen LogP contribution in [0, 0.1) is 19.7 Å². The molecule has 1 amide bonds. The Balaban J connectivity index is 1.68. The van der Waals surface area contributed by atoms with E-state index in [1.807, 2.05) is 44.2 Å². The van der Waals surface area contributed by atoms with Crippen LogP contribution in [0.1, 0.15) is 49.9 Å². The molecule has 0 spiro atoms. The SMILES string of the molecule is CCOC(=O)c1ccc(CN(Cc2ccc(Br)cc2)S(=O)(=O)c2ccc(F)c(C(=O)Nc3c(C)cccc3C)c2)cc1. The van der Waals surface area contributed by atoms with Gasteiger partial charge in [-0.1, -0.05) is 58.4 Å². The summed E-state index contributed by atoms with van der Waals surface area (Å²) in [5.74, 6) is -2.07. The van der Waals surface area contributed by atoms with Crippen LogP contribution >= 0.6 is 15.9 Å². The third-order valence-corrected chi connectivity index (χ3v) is 8.95. The van der Waals surface area contributed by atoms with E-state index in [-0.39, 0.29) is 30.2 Å². The number of amides is 1. The van der Waals surface area contributed by atoms with Crippen molar-refractivity contribution in [1.82, 2.24) is 4.31 Å². The van der Waals surface area contributed by atoms with Crippen molar-refractivity contribution in [2.75, 3.05) is 11.9 Å². The molecule has 0 saturated carbocycles. The van der Waals surface area contributed by atoms with Crippen molar-refractivity contribution in [2.24, 2.45) is 0 Å². The second-order valence-corrected chi connectivity index (χ2v) is 12.5. The van der Waals surface area contributed by atoms with E-state index in [1.165, 1.54) is 4.31 Å². The second kappa shape index (κ2) is 13.4. The van der Waals surface area contributed by atoms with Gasteiger partial charge in [0, 0.05) is 23.2 Å². The smallest absolute Gasteiger partial charge is 0.338 e. The fourth-order valence-electron chi connectivity index (χ4n) is 4.36. The van der Waals surface area contributed by atoms with E-state index < -0.39 is 27.7 Å². The molecule has 4 aromatic carbocycles. The molecule has 4 aromatic rings. The van der Waals surface area contributed by atoms with Crippen molar-refractivity contribution in [1.29, 1.82) is 0 Å². The largest absolute Gasteiger partial charge is 0.462 e. The molecular weight excluding hydrogens is 623 g/mol. The van der Waals surface area contributed by atoms with E-state index in [2.05, 4.69) is 21.2 Å². The Morgan fingerprint density at radius 3 is 2.02 bits per heavy atom. The van der Waals surface area contributed by atoms with Crippen LogP contribution in [0.4, 0.5) is 10.1 Å². The van der Waals surface area contributed by atoms with Crippen LogP contribution in [0.15, 0.2) is 94.3 Å². The van der Waals surface area contributed by atoms with Gasteiger partial charge in [0.05, 0.1) is 22.6 Å². The van der Waals surface area contributed by atoms with Gasteiger partial charge in [-0.05, 0) is 85.5 Å². The first kappa shape index (κ1) is 31.1. The van der Waals surface area contributed by atoms with E-state index in [0.717, 1.165) is 39.4 Å². The number of aryl methyl sites for hydroxylation is 2. The molecule has 0 fully saturated rings. The number of carbonyl (C=O) groups is 2. The molecule has 218 valence electrons. The van der Waals surface area contributed by atoms with E-state index in [9.17, 15) is 22.4 Å². The molecule has 0 radical (unpaired) electrons. The summed E-state index contributed by atoms with van der Waals surface area (Å²) in [6, 6.07) is 22.4. The van der Waals surface area contributed by atoms with Crippen LogP contribution in [0.2, 0.25) is 0 Å². The molecule has 0 aromatic heterocycles. The molecule has 42 heavy (non-hydrogen) atoms. The van der Waals surface area contributed by atoms with Gasteiger partial charge in [0.1, 0.15) is 5.82 Å². The number of halogens is 2. The first-order valence-corrected chi connectivity index (χ1v) is 15.4. The maximum absolute atomic E-state index is 14.9. The average molecular weight is 654 g/mol. The molecule has 0 aliphatic carbocycles. The Kier molecular flexibility index (Phi) is 9.93. The Bertz CT molecular complexity index is 1690. The molecule has 10 heteroatoms. The fourth-order valence-corrected chi connectivity index (χ4v) is 6.07. The number of anilines is 1. The molecule has 1 N–H and O–H groups in total. The summed E-state index contributed by atoms with van der Waals surface area (Å²) in [4.78, 5) is 25.0. The lowest BCUT2D eigenvalue weighted by atomic mass is 10.1. The molecule has 0 heterocycles. The van der Waals surface area contributed by atoms with E-state index >= 15 is 0 Å². The van der Waals surface area contributed by atoms with Gasteiger partial charge < -0.3 is 10.1 Å². The minimum Gasteiger partial charge on any atom is -0.462 e. The van der Waals surface area contributed by atoms with Gasteiger partial charge in [-0.3, -0.25) is 4.79 Å². The van der Waals surface area contributed by atoms with Gasteiger partial charge in [0.2, 0.25) is 10.0 Å². The maximum Gasteiger partial charge on any atom is 0.338 e. The van der Waals surface area contributed by atoms with Crippen molar-refractivity contribution in [3.63, 3.8) is 0 Å². The molecule has 7 nitrogen and oxygen atoms in total. The first-order valence-electron chi connectivity index (χ1n) is 13.2. The van der Waals surface area contributed by atoms with Crippen LogP contribution in [0.3, 0.4) is 0 Å². The number of carbonyl (C=O) groups excluding carboxylic acids is 2. The van der Waals surface area contributed by atoms with Gasteiger partial charge in [0.25, 0.3) is 5.91 Å². The Morgan fingerprint density at radius 2 is 1.45 bits per heavy atom. The zero-order valence-electron chi connectivity index (χ0n) is 23.4. The molecule has 0 atom stereocenters. The number of nitrogens with one attached hydrogen (secondary N) is 1. The summed E-state index contributed by atoms with van der Waals surface area (Å²) in [6.45, 7) is 5.56. The summed E-state index contributed by atoms with van der Waals surface area (Å²) in [7, 11) is -4.22. The lowest BCUT2D eigenvalue weighted by Crippen LogP contribution is -2.30. The summed E-state index contributed by atoms with van der Waals surface area (Å²) < 4.78 is 50.0. The topological polar surface area (TPSA) is 92.8 Å². The van der Waals surface area contributed by atoms with E-state index in [0.29, 0.717) is 16.8 Å². The number of esters is 1. The quantitative estimate of drug-likeness (QED) is 0.186. The number of hydrogen-bond acceptors (Lipinski definition) is 5. The number of hydrogen-bond donors (Lipinski definition) is 1. The lowest BCUT2D eigenvalue weighted by molar-refractivity contribution is 0.0526. The normalized spacial score (nSPS) is 11.4. The molecule has 0 bridgehead atoms. The highest BCUT2D eigenvalue weighted by atomic mass is 79.9. The third-order valence-electron chi connectivity index (χ3n) is 6.64. The van der Waals surface area contributed by atoms with Crippen molar-refractivity contribution in [2.45, 2.75) is 38.8 Å². The number of benzene rings is 4. The van der Waals surface area contributed by atoms with Gasteiger partial charge in [-0.25, -0.2) is 17.6 Å². The highest BCUT2D eigenvalue weighted by Gasteiger charge is 2.27.